The number of imidazole rings is 1. The van der Waals surface area contributed by atoms with E-state index in [1.54, 1.807) is 26.0 Å². The number of benzene rings is 2. The van der Waals surface area contributed by atoms with Crippen molar-refractivity contribution in [2.75, 3.05) is 34.2 Å². The second-order valence-corrected chi connectivity index (χ2v) is 7.38. The molecule has 0 saturated heterocycles. The van der Waals surface area contributed by atoms with Gasteiger partial charge in [0.15, 0.2) is 5.96 Å². The molecule has 0 unspecified atom stereocenters. The molecule has 0 aliphatic carbocycles. The number of carbonyl (C=O) groups is 1. The fraction of sp³-hybridized carbons (Fsp3) is 0.348. The van der Waals surface area contributed by atoms with Gasteiger partial charge in [-0.2, -0.15) is 0 Å². The van der Waals surface area contributed by atoms with Crippen molar-refractivity contribution in [2.45, 2.75) is 19.9 Å². The molecular formula is C23H30N6O. The molecule has 1 aromatic heterocycles. The normalized spacial score (nSPS) is 11.5. The smallest absolute Gasteiger partial charge is 0.253 e. The molecule has 1 amide bonds. The van der Waals surface area contributed by atoms with E-state index in [-0.39, 0.29) is 5.91 Å². The van der Waals surface area contributed by atoms with Crippen molar-refractivity contribution in [2.24, 2.45) is 4.99 Å². The molecule has 7 heteroatoms. The number of guanidine groups is 1. The van der Waals surface area contributed by atoms with Crippen LogP contribution in [0.1, 0.15) is 21.7 Å². The minimum Gasteiger partial charge on any atom is -0.356 e. The number of carbonyl (C=O) groups excluding carboxylic acids is 1. The number of aryl methyl sites for hydroxylation is 1. The summed E-state index contributed by atoms with van der Waals surface area (Å²) in [5.41, 5.74) is 3.99. The highest BCUT2D eigenvalue weighted by Crippen LogP contribution is 2.14. The van der Waals surface area contributed by atoms with E-state index in [9.17, 15) is 4.79 Å². The van der Waals surface area contributed by atoms with E-state index in [1.807, 2.05) is 49.4 Å². The predicted octanol–water partition coefficient (Wildman–Crippen LogP) is 2.45. The molecular weight excluding hydrogens is 376 g/mol. The van der Waals surface area contributed by atoms with E-state index in [2.05, 4.69) is 31.2 Å². The molecule has 0 bridgehead atoms. The summed E-state index contributed by atoms with van der Waals surface area (Å²) in [7, 11) is 5.30. The van der Waals surface area contributed by atoms with E-state index in [4.69, 9.17) is 0 Å². The minimum atomic E-state index is 0.0182. The molecule has 0 spiro atoms. The van der Waals surface area contributed by atoms with Gasteiger partial charge < -0.3 is 20.1 Å². The van der Waals surface area contributed by atoms with Crippen LogP contribution in [0.15, 0.2) is 53.5 Å². The molecule has 2 aromatic carbocycles. The Morgan fingerprint density at radius 2 is 1.87 bits per heavy atom. The first-order valence-electron chi connectivity index (χ1n) is 10.2. The van der Waals surface area contributed by atoms with Crippen molar-refractivity contribution in [3.05, 3.63) is 65.5 Å². The number of para-hydroxylation sites is 2. The molecule has 158 valence electrons. The van der Waals surface area contributed by atoms with Crippen LogP contribution in [0.2, 0.25) is 0 Å². The Kier molecular flexibility index (Phi) is 7.06. The zero-order valence-electron chi connectivity index (χ0n) is 18.1. The van der Waals surface area contributed by atoms with Gasteiger partial charge in [-0.25, -0.2) is 4.98 Å². The Morgan fingerprint density at radius 1 is 1.10 bits per heavy atom. The van der Waals surface area contributed by atoms with Crippen LogP contribution in [-0.2, 0) is 13.0 Å². The maximum Gasteiger partial charge on any atom is 0.253 e. The van der Waals surface area contributed by atoms with E-state index >= 15 is 0 Å². The molecule has 0 aliphatic heterocycles. The lowest BCUT2D eigenvalue weighted by Gasteiger charge is -2.14. The van der Waals surface area contributed by atoms with Gasteiger partial charge in [0.25, 0.3) is 5.91 Å². The Bertz CT molecular complexity index is 1040. The van der Waals surface area contributed by atoms with Crippen molar-refractivity contribution in [3.8, 4) is 0 Å². The third kappa shape index (κ3) is 5.17. The highest BCUT2D eigenvalue weighted by Gasteiger charge is 2.09. The lowest BCUT2D eigenvalue weighted by atomic mass is 10.1. The van der Waals surface area contributed by atoms with Crippen molar-refractivity contribution in [1.82, 2.24) is 25.1 Å². The van der Waals surface area contributed by atoms with Crippen molar-refractivity contribution < 1.29 is 4.79 Å². The lowest BCUT2D eigenvalue weighted by Crippen LogP contribution is -2.39. The summed E-state index contributed by atoms with van der Waals surface area (Å²) in [5, 5.41) is 6.70. The molecule has 0 fully saturated rings. The molecule has 30 heavy (non-hydrogen) atoms. The number of nitrogens with zero attached hydrogens (tertiary/aromatic N) is 4. The van der Waals surface area contributed by atoms with Gasteiger partial charge in [-0.05, 0) is 43.2 Å². The Balaban J connectivity index is 1.49. The van der Waals surface area contributed by atoms with E-state index in [0.29, 0.717) is 5.56 Å². The van der Waals surface area contributed by atoms with Crippen LogP contribution in [-0.4, -0.2) is 60.6 Å². The fourth-order valence-corrected chi connectivity index (χ4v) is 3.43. The van der Waals surface area contributed by atoms with Crippen LogP contribution >= 0.6 is 0 Å². The van der Waals surface area contributed by atoms with E-state index in [0.717, 1.165) is 54.4 Å². The van der Waals surface area contributed by atoms with Gasteiger partial charge in [0, 0.05) is 46.3 Å². The SMILES string of the molecule is CN=C(NCCc1cccc(C(=O)N(C)C)c1)NCCn1c(C)nc2ccccc21. The fourth-order valence-electron chi connectivity index (χ4n) is 3.43. The molecule has 3 aromatic rings. The quantitative estimate of drug-likeness (QED) is 0.467. The molecule has 0 aliphatic rings. The maximum absolute atomic E-state index is 12.1. The second-order valence-electron chi connectivity index (χ2n) is 7.38. The van der Waals surface area contributed by atoms with Crippen molar-refractivity contribution >= 4 is 22.9 Å². The van der Waals surface area contributed by atoms with Crippen LogP contribution in [0.25, 0.3) is 11.0 Å². The number of aliphatic imine (C=N–C) groups is 1. The number of fused-ring (bicyclic) bond motifs is 1. The summed E-state index contributed by atoms with van der Waals surface area (Å²) in [6.45, 7) is 4.31. The van der Waals surface area contributed by atoms with Gasteiger partial charge >= 0.3 is 0 Å². The van der Waals surface area contributed by atoms with E-state index < -0.39 is 0 Å². The van der Waals surface area contributed by atoms with Crippen molar-refractivity contribution in [3.63, 3.8) is 0 Å². The number of rotatable bonds is 7. The molecule has 2 N–H and O–H groups in total. The van der Waals surface area contributed by atoms with Crippen molar-refractivity contribution in [1.29, 1.82) is 0 Å². The second kappa shape index (κ2) is 9.91. The predicted molar refractivity (Wildman–Crippen MR) is 122 cm³/mol. The van der Waals surface area contributed by atoms with Crippen LogP contribution in [0.4, 0.5) is 0 Å². The highest BCUT2D eigenvalue weighted by atomic mass is 16.2. The first-order chi connectivity index (χ1) is 14.5. The monoisotopic (exact) mass is 406 g/mol. The van der Waals surface area contributed by atoms with Gasteiger partial charge in [-0.1, -0.05) is 24.3 Å². The Hall–Kier alpha value is -3.35. The highest BCUT2D eigenvalue weighted by molar-refractivity contribution is 5.94. The largest absolute Gasteiger partial charge is 0.356 e. The van der Waals surface area contributed by atoms with Gasteiger partial charge in [-0.3, -0.25) is 9.79 Å². The first-order valence-corrected chi connectivity index (χ1v) is 10.2. The summed E-state index contributed by atoms with van der Waals surface area (Å²) in [6.07, 6.45) is 0.806. The van der Waals surface area contributed by atoms with Gasteiger partial charge in [-0.15, -0.1) is 0 Å². The number of hydrogen-bond donors (Lipinski definition) is 2. The summed E-state index contributed by atoms with van der Waals surface area (Å²) in [5.74, 6) is 1.79. The number of amides is 1. The molecule has 1 heterocycles. The standard InChI is InChI=1S/C23H30N6O/c1-17-27-20-10-5-6-11-21(20)29(17)15-14-26-23(24-2)25-13-12-18-8-7-9-19(16-18)22(30)28(3)4/h5-11,16H,12-15H2,1-4H3,(H2,24,25,26). The van der Waals surface area contributed by atoms with Gasteiger partial charge in [0.2, 0.25) is 0 Å². The number of nitrogens with one attached hydrogen (secondary N) is 2. The third-order valence-electron chi connectivity index (χ3n) is 4.98. The molecule has 0 radical (unpaired) electrons. The summed E-state index contributed by atoms with van der Waals surface area (Å²) in [6, 6.07) is 15.9. The topological polar surface area (TPSA) is 74.6 Å². The third-order valence-corrected chi connectivity index (χ3v) is 4.98. The van der Waals surface area contributed by atoms with Crippen LogP contribution in [0.3, 0.4) is 0 Å². The van der Waals surface area contributed by atoms with Gasteiger partial charge in [0.05, 0.1) is 11.0 Å². The molecule has 0 atom stereocenters. The summed E-state index contributed by atoms with van der Waals surface area (Å²) in [4.78, 5) is 22.6. The number of hydrogen-bond acceptors (Lipinski definition) is 3. The molecule has 0 saturated carbocycles. The summed E-state index contributed by atoms with van der Waals surface area (Å²) >= 11 is 0. The average molecular weight is 407 g/mol. The Morgan fingerprint density at radius 3 is 2.63 bits per heavy atom. The maximum atomic E-state index is 12.1. The number of aromatic nitrogens is 2. The zero-order chi connectivity index (χ0) is 21.5. The molecule has 7 nitrogen and oxygen atoms in total. The van der Waals surface area contributed by atoms with Gasteiger partial charge in [0.1, 0.15) is 5.82 Å². The summed E-state index contributed by atoms with van der Waals surface area (Å²) < 4.78 is 2.21. The Labute approximate surface area is 177 Å². The zero-order valence-corrected chi connectivity index (χ0v) is 18.1. The van der Waals surface area contributed by atoms with Crippen LogP contribution in [0, 0.1) is 6.92 Å². The first kappa shape index (κ1) is 21.4. The molecule has 3 rings (SSSR count). The van der Waals surface area contributed by atoms with Crippen LogP contribution < -0.4 is 10.6 Å². The lowest BCUT2D eigenvalue weighted by molar-refractivity contribution is 0.0827. The van der Waals surface area contributed by atoms with Crippen LogP contribution in [0.5, 0.6) is 0 Å². The van der Waals surface area contributed by atoms with E-state index in [1.165, 1.54) is 0 Å². The minimum absolute atomic E-state index is 0.0182. The average Bonchev–Trinajstić information content (AvgIpc) is 3.07.